The van der Waals surface area contributed by atoms with Gasteiger partial charge in [0.1, 0.15) is 0 Å². The zero-order chi connectivity index (χ0) is 43.2. The van der Waals surface area contributed by atoms with Crippen LogP contribution in [-0.2, 0) is 52.8 Å². The van der Waals surface area contributed by atoms with Gasteiger partial charge in [0.15, 0.2) is 0 Å². The molecular weight excluding hydrogens is 971 g/mol. The first-order chi connectivity index (χ1) is 31.5. The molecule has 0 spiro atoms. The predicted molar refractivity (Wildman–Crippen MR) is 261 cm³/mol. The molecule has 10 rings (SSSR count). The molecule has 9 aromatic rings. The number of rotatable bonds is 13. The van der Waals surface area contributed by atoms with E-state index in [9.17, 15) is 0 Å². The van der Waals surface area contributed by atoms with Gasteiger partial charge in [0.25, 0.3) is 0 Å². The fourth-order valence-corrected chi connectivity index (χ4v) is 8.64. The van der Waals surface area contributed by atoms with Gasteiger partial charge in [0, 0.05) is 52.8 Å². The van der Waals surface area contributed by atoms with Crippen molar-refractivity contribution in [3.8, 4) is 67.2 Å². The van der Waals surface area contributed by atoms with E-state index in [4.69, 9.17) is 4.98 Å². The number of pyridine rings is 1. The molecule has 5 nitrogen and oxygen atoms in total. The van der Waals surface area contributed by atoms with Crippen LogP contribution in [0.4, 0.5) is 0 Å². The Morgan fingerprint density at radius 2 is 1.18 bits per heavy atom. The normalized spacial score (nSPS) is 13.1. The largest absolute Gasteiger partial charge is 0.668 e. The van der Waals surface area contributed by atoms with E-state index < -0.39 is 0 Å². The van der Waals surface area contributed by atoms with Gasteiger partial charge in [-0.15, -0.1) is 70.8 Å². The van der Waals surface area contributed by atoms with Crippen LogP contribution in [0.1, 0.15) is 34.0 Å². The molecule has 1 atom stereocenters. The Morgan fingerprint density at radius 3 is 1.80 bits per heavy atom. The maximum Gasteiger partial charge on any atom is 0.0555 e. The fourth-order valence-electron chi connectivity index (χ4n) is 8.64. The Labute approximate surface area is 396 Å². The van der Waals surface area contributed by atoms with E-state index in [1.807, 2.05) is 54.7 Å². The van der Waals surface area contributed by atoms with E-state index in [1.54, 1.807) is 0 Å². The zero-order valence-corrected chi connectivity index (χ0v) is 38.8. The van der Waals surface area contributed by atoms with Gasteiger partial charge in [0.05, 0.1) is 5.82 Å². The smallest absolute Gasteiger partial charge is 0.0555 e. The second-order valence-electron chi connectivity index (χ2n) is 16.6. The number of aryl methyl sites for hydroxylation is 5. The zero-order valence-electron chi connectivity index (χ0n) is 36.5. The van der Waals surface area contributed by atoms with Crippen LogP contribution in [0.5, 0.6) is 0 Å². The SMILES string of the molecule is CN1C=C[N-]C1c1[c-]cc(CCc2cc(CCc3c[c-]c(-c4nccn4C)cc3)cc(-c3ccccc3-c3ccc(-c4[c-]ccc(-c5ccc(-c6ccccc6)cc5)c4)nc3)c2)cc1.[Ir]. The molecule has 0 amide bonds. The molecule has 0 saturated carbocycles. The van der Waals surface area contributed by atoms with E-state index in [0.29, 0.717) is 0 Å². The minimum absolute atomic E-state index is 0. The van der Waals surface area contributed by atoms with Crippen LogP contribution in [0.3, 0.4) is 0 Å². The van der Waals surface area contributed by atoms with Gasteiger partial charge in [-0.05, 0) is 81.0 Å². The van der Waals surface area contributed by atoms with Crippen molar-refractivity contribution in [3.05, 3.63) is 246 Å². The molecule has 1 aliphatic heterocycles. The van der Waals surface area contributed by atoms with E-state index >= 15 is 0 Å². The van der Waals surface area contributed by atoms with Crippen LogP contribution in [0, 0.1) is 18.2 Å². The van der Waals surface area contributed by atoms with Gasteiger partial charge in [-0.2, -0.15) is 41.6 Å². The van der Waals surface area contributed by atoms with Crippen LogP contribution in [0.15, 0.2) is 195 Å². The molecule has 1 aliphatic rings. The van der Waals surface area contributed by atoms with Gasteiger partial charge < -0.3 is 19.8 Å². The maximum absolute atomic E-state index is 5.02. The van der Waals surface area contributed by atoms with Crippen molar-refractivity contribution in [3.63, 3.8) is 0 Å². The molecular formula is C59H47IrN5-4. The average Bonchev–Trinajstić information content (AvgIpc) is 4.00. The summed E-state index contributed by atoms with van der Waals surface area (Å²) in [6.45, 7) is 0. The minimum Gasteiger partial charge on any atom is -0.668 e. The molecule has 0 fully saturated rings. The first-order valence-electron chi connectivity index (χ1n) is 21.9. The number of imidazole rings is 1. The molecule has 65 heavy (non-hydrogen) atoms. The molecule has 0 N–H and O–H groups in total. The van der Waals surface area contributed by atoms with Crippen molar-refractivity contribution >= 4 is 0 Å². The van der Waals surface area contributed by atoms with Crippen molar-refractivity contribution in [2.24, 2.45) is 7.05 Å². The monoisotopic (exact) mass is 1020 g/mol. The number of hydrogen-bond donors (Lipinski definition) is 0. The van der Waals surface area contributed by atoms with Gasteiger partial charge in [-0.3, -0.25) is 4.98 Å². The summed E-state index contributed by atoms with van der Waals surface area (Å²) in [4.78, 5) is 11.6. The molecule has 0 bridgehead atoms. The molecule has 6 heteroatoms. The second-order valence-corrected chi connectivity index (χ2v) is 16.6. The molecule has 1 radical (unpaired) electrons. The van der Waals surface area contributed by atoms with Crippen LogP contribution in [0.25, 0.3) is 72.5 Å². The number of benzene rings is 7. The van der Waals surface area contributed by atoms with Gasteiger partial charge in [-0.25, -0.2) is 0 Å². The number of aromatic nitrogens is 3. The summed E-state index contributed by atoms with van der Waals surface area (Å²) >= 11 is 0. The van der Waals surface area contributed by atoms with Crippen LogP contribution >= 0.6 is 0 Å². The summed E-state index contributed by atoms with van der Waals surface area (Å²) in [5.41, 5.74) is 18.5. The summed E-state index contributed by atoms with van der Waals surface area (Å²) in [5, 5.41) is 4.59. The van der Waals surface area contributed by atoms with Crippen LogP contribution < -0.4 is 0 Å². The standard InChI is InChI=1S/C59H47N5.Ir/c1-63-35-33-60-58(63)49-23-19-42(20-24-49)15-17-44-37-45(18-16-43-21-25-50(26-22-43)59-61-34-36-64(59)2)39-54(38-44)56-14-7-6-13-55(56)53-31-32-57(62-41-53)52-12-8-11-51(40-52)48-29-27-47(28-30-48)46-9-4-3-5-10-46;/h3-11,13-14,19-23,25,27-41,58H,15-18H2,1-2H3;/q-4;. The van der Waals surface area contributed by atoms with Crippen molar-refractivity contribution < 1.29 is 20.1 Å². The molecule has 0 saturated heterocycles. The fraction of sp³-hybridized carbons (Fsp3) is 0.119. The third-order valence-corrected chi connectivity index (χ3v) is 12.2. The molecule has 321 valence electrons. The van der Waals surface area contributed by atoms with Crippen molar-refractivity contribution in [1.29, 1.82) is 0 Å². The minimum atomic E-state index is 0. The van der Waals surface area contributed by atoms with E-state index in [-0.39, 0.29) is 26.3 Å². The molecule has 3 heterocycles. The number of hydrogen-bond acceptors (Lipinski definition) is 3. The third-order valence-electron chi connectivity index (χ3n) is 12.2. The first kappa shape index (κ1) is 43.2. The van der Waals surface area contributed by atoms with Crippen molar-refractivity contribution in [2.45, 2.75) is 31.8 Å². The predicted octanol–water partition coefficient (Wildman–Crippen LogP) is 13.6. The molecule has 7 aromatic carbocycles. The summed E-state index contributed by atoms with van der Waals surface area (Å²) in [6, 6.07) is 69.1. The summed E-state index contributed by atoms with van der Waals surface area (Å²) in [5.74, 6) is 0.922. The van der Waals surface area contributed by atoms with E-state index in [1.165, 1.54) is 44.5 Å². The maximum atomic E-state index is 5.02. The molecule has 0 aliphatic carbocycles. The third kappa shape index (κ3) is 9.85. The topological polar surface area (TPSA) is 48.1 Å². The number of nitrogens with zero attached hydrogens (tertiary/aromatic N) is 5. The van der Waals surface area contributed by atoms with Gasteiger partial charge in [0.2, 0.25) is 0 Å². The first-order valence-corrected chi connectivity index (χ1v) is 21.9. The summed E-state index contributed by atoms with van der Waals surface area (Å²) in [7, 11) is 4.07. The Bertz CT molecular complexity index is 3030. The van der Waals surface area contributed by atoms with Crippen LogP contribution in [-0.4, -0.2) is 26.5 Å². The van der Waals surface area contributed by atoms with E-state index in [0.717, 1.165) is 76.1 Å². The van der Waals surface area contributed by atoms with Crippen molar-refractivity contribution in [2.75, 3.05) is 7.05 Å². The molecule has 2 aromatic heterocycles. The summed E-state index contributed by atoms with van der Waals surface area (Å²) < 4.78 is 2.03. The van der Waals surface area contributed by atoms with E-state index in [2.05, 4.69) is 192 Å². The van der Waals surface area contributed by atoms with Gasteiger partial charge >= 0.3 is 0 Å². The van der Waals surface area contributed by atoms with Gasteiger partial charge in [-0.1, -0.05) is 122 Å². The quantitative estimate of drug-likeness (QED) is 0.108. The summed E-state index contributed by atoms with van der Waals surface area (Å²) in [6.07, 6.45) is 13.3. The average molecular weight is 1020 g/mol. The Balaban J connectivity index is 0.00000533. The Kier molecular flexibility index (Phi) is 13.1. The second kappa shape index (κ2) is 19.7. The Morgan fingerprint density at radius 1 is 0.538 bits per heavy atom. The Hall–Kier alpha value is -7.11. The van der Waals surface area contributed by atoms with Crippen LogP contribution in [0.2, 0.25) is 0 Å². The molecule has 1 unspecified atom stereocenters. The van der Waals surface area contributed by atoms with Crippen molar-refractivity contribution in [1.82, 2.24) is 19.4 Å².